The second kappa shape index (κ2) is 4.17. The van der Waals surface area contributed by atoms with E-state index >= 15 is 0 Å². The van der Waals surface area contributed by atoms with E-state index in [9.17, 15) is 0 Å². The first-order valence-electron chi connectivity index (χ1n) is 4.38. The zero-order valence-corrected chi connectivity index (χ0v) is 8.30. The molecule has 2 nitrogen and oxygen atoms in total. The van der Waals surface area contributed by atoms with Gasteiger partial charge in [-0.2, -0.15) is 0 Å². The van der Waals surface area contributed by atoms with E-state index < -0.39 is 0 Å². The van der Waals surface area contributed by atoms with E-state index in [2.05, 4.69) is 21.8 Å². The van der Waals surface area contributed by atoms with Crippen LogP contribution in [0.5, 0.6) is 0 Å². The van der Waals surface area contributed by atoms with Crippen LogP contribution in [0.25, 0.3) is 11.0 Å². The molecule has 1 heterocycles. The summed E-state index contributed by atoms with van der Waals surface area (Å²) in [5.74, 6) is 6.62. The van der Waals surface area contributed by atoms with Crippen molar-refractivity contribution in [1.82, 2.24) is 9.97 Å². The number of alkyl halides is 1. The minimum atomic E-state index is 0.583. The van der Waals surface area contributed by atoms with Gasteiger partial charge in [0.2, 0.25) is 0 Å². The number of halogens is 1. The fourth-order valence-corrected chi connectivity index (χ4v) is 1.32. The molecule has 0 aliphatic carbocycles. The van der Waals surface area contributed by atoms with Crippen LogP contribution >= 0.6 is 11.6 Å². The van der Waals surface area contributed by atoms with Crippen LogP contribution in [-0.4, -0.2) is 15.8 Å². The fraction of sp³-hybridized carbons (Fsp3) is 0.182. The summed E-state index contributed by atoms with van der Waals surface area (Å²) >= 11 is 5.53. The summed E-state index contributed by atoms with van der Waals surface area (Å²) in [4.78, 5) is 7.18. The Morgan fingerprint density at radius 2 is 2.36 bits per heavy atom. The minimum Gasteiger partial charge on any atom is -0.345 e. The Labute approximate surface area is 87.3 Å². The maximum absolute atomic E-state index is 5.53. The molecule has 0 saturated carbocycles. The topological polar surface area (TPSA) is 28.7 Å². The van der Waals surface area contributed by atoms with Crippen molar-refractivity contribution in [3.8, 4) is 11.8 Å². The number of aromatic nitrogens is 2. The Kier molecular flexibility index (Phi) is 2.71. The van der Waals surface area contributed by atoms with Crippen LogP contribution < -0.4 is 0 Å². The Morgan fingerprint density at radius 1 is 1.43 bits per heavy atom. The quantitative estimate of drug-likeness (QED) is 0.561. The summed E-state index contributed by atoms with van der Waals surface area (Å²) in [6.07, 6.45) is 2.41. The van der Waals surface area contributed by atoms with E-state index in [0.717, 1.165) is 23.0 Å². The molecule has 0 bridgehead atoms. The van der Waals surface area contributed by atoms with Gasteiger partial charge >= 0.3 is 0 Å². The van der Waals surface area contributed by atoms with Gasteiger partial charge in [0.25, 0.3) is 0 Å². The molecule has 0 saturated heterocycles. The second-order valence-corrected chi connectivity index (χ2v) is 3.25. The summed E-state index contributed by atoms with van der Waals surface area (Å²) < 4.78 is 0. The molecule has 0 amide bonds. The number of H-pyrrole nitrogens is 1. The molecule has 70 valence electrons. The number of imidazole rings is 1. The van der Waals surface area contributed by atoms with Gasteiger partial charge in [0.15, 0.2) is 0 Å². The Bertz CT molecular complexity index is 490. The highest BCUT2D eigenvalue weighted by Crippen LogP contribution is 2.10. The van der Waals surface area contributed by atoms with Gasteiger partial charge < -0.3 is 4.98 Å². The predicted molar refractivity (Wildman–Crippen MR) is 58.3 cm³/mol. The lowest BCUT2D eigenvalue weighted by molar-refractivity contribution is 1.29. The normalized spacial score (nSPS) is 9.79. The van der Waals surface area contributed by atoms with Crippen molar-refractivity contribution in [3.63, 3.8) is 0 Å². The molecule has 2 aromatic rings. The van der Waals surface area contributed by atoms with Gasteiger partial charge in [-0.1, -0.05) is 11.8 Å². The van der Waals surface area contributed by atoms with E-state index in [4.69, 9.17) is 11.6 Å². The fourth-order valence-electron chi connectivity index (χ4n) is 1.23. The first-order chi connectivity index (χ1) is 6.90. The summed E-state index contributed by atoms with van der Waals surface area (Å²) in [6.45, 7) is 0. The van der Waals surface area contributed by atoms with Gasteiger partial charge in [0, 0.05) is 17.9 Å². The van der Waals surface area contributed by atoms with Crippen LogP contribution in [0.4, 0.5) is 0 Å². The maximum Gasteiger partial charge on any atom is 0.0931 e. The van der Waals surface area contributed by atoms with Crippen molar-refractivity contribution in [2.24, 2.45) is 0 Å². The van der Waals surface area contributed by atoms with Gasteiger partial charge in [-0.15, -0.1) is 11.6 Å². The number of hydrogen-bond donors (Lipinski definition) is 1. The third-order valence-electron chi connectivity index (χ3n) is 1.87. The number of aromatic amines is 1. The Morgan fingerprint density at radius 3 is 3.21 bits per heavy atom. The summed E-state index contributed by atoms with van der Waals surface area (Å²) in [5, 5.41) is 0. The van der Waals surface area contributed by atoms with Gasteiger partial charge in [-0.05, 0) is 18.2 Å². The lowest BCUT2D eigenvalue weighted by Gasteiger charge is -1.90. The standard InChI is InChI=1S/C11H9ClN2/c12-6-2-1-3-9-4-5-10-11(7-9)14-8-13-10/h4-5,7-8H,2,6H2,(H,13,14). The van der Waals surface area contributed by atoms with Crippen molar-refractivity contribution in [1.29, 1.82) is 0 Å². The van der Waals surface area contributed by atoms with Crippen molar-refractivity contribution in [2.75, 3.05) is 5.88 Å². The number of rotatable bonds is 1. The third kappa shape index (κ3) is 1.89. The smallest absolute Gasteiger partial charge is 0.0931 e. The number of hydrogen-bond acceptors (Lipinski definition) is 1. The third-order valence-corrected chi connectivity index (χ3v) is 2.06. The molecule has 0 unspecified atom stereocenters. The molecule has 3 heteroatoms. The molecule has 0 aliphatic heterocycles. The molecule has 0 fully saturated rings. The van der Waals surface area contributed by atoms with Crippen LogP contribution in [0.3, 0.4) is 0 Å². The Hall–Kier alpha value is -1.46. The number of nitrogens with zero attached hydrogens (tertiary/aromatic N) is 1. The molecular weight excluding hydrogens is 196 g/mol. The second-order valence-electron chi connectivity index (χ2n) is 2.88. The number of benzene rings is 1. The zero-order valence-electron chi connectivity index (χ0n) is 7.55. The molecule has 1 N–H and O–H groups in total. The zero-order chi connectivity index (χ0) is 9.80. The molecule has 1 aromatic carbocycles. The highest BCUT2D eigenvalue weighted by molar-refractivity contribution is 6.18. The molecular formula is C11H9ClN2. The summed E-state index contributed by atoms with van der Waals surface area (Å²) in [7, 11) is 0. The maximum atomic E-state index is 5.53. The van der Waals surface area contributed by atoms with Crippen LogP contribution in [0.2, 0.25) is 0 Å². The van der Waals surface area contributed by atoms with Crippen LogP contribution in [0.1, 0.15) is 12.0 Å². The number of nitrogens with one attached hydrogen (secondary N) is 1. The average Bonchev–Trinajstić information content (AvgIpc) is 2.65. The van der Waals surface area contributed by atoms with Crippen molar-refractivity contribution >= 4 is 22.6 Å². The van der Waals surface area contributed by atoms with Gasteiger partial charge in [0.1, 0.15) is 0 Å². The van der Waals surface area contributed by atoms with Crippen molar-refractivity contribution < 1.29 is 0 Å². The van der Waals surface area contributed by atoms with Crippen LogP contribution in [0, 0.1) is 11.8 Å². The van der Waals surface area contributed by atoms with Gasteiger partial charge in [0.05, 0.1) is 17.4 Å². The predicted octanol–water partition coefficient (Wildman–Crippen LogP) is 2.54. The van der Waals surface area contributed by atoms with E-state index in [1.54, 1.807) is 6.33 Å². The van der Waals surface area contributed by atoms with Gasteiger partial charge in [-0.3, -0.25) is 0 Å². The summed E-state index contributed by atoms with van der Waals surface area (Å²) in [5.41, 5.74) is 2.97. The lowest BCUT2D eigenvalue weighted by Crippen LogP contribution is -1.76. The highest BCUT2D eigenvalue weighted by atomic mass is 35.5. The van der Waals surface area contributed by atoms with Crippen LogP contribution in [0.15, 0.2) is 24.5 Å². The molecule has 0 spiro atoms. The highest BCUT2D eigenvalue weighted by Gasteiger charge is 1.94. The monoisotopic (exact) mass is 204 g/mol. The molecule has 2 rings (SSSR count). The largest absolute Gasteiger partial charge is 0.345 e. The van der Waals surface area contributed by atoms with E-state index in [1.807, 2.05) is 18.2 Å². The number of fused-ring (bicyclic) bond motifs is 1. The van der Waals surface area contributed by atoms with Crippen LogP contribution in [-0.2, 0) is 0 Å². The molecule has 0 radical (unpaired) electrons. The van der Waals surface area contributed by atoms with E-state index in [1.165, 1.54) is 0 Å². The van der Waals surface area contributed by atoms with Gasteiger partial charge in [-0.25, -0.2) is 4.98 Å². The first-order valence-corrected chi connectivity index (χ1v) is 4.91. The SMILES string of the molecule is ClCCC#Cc1ccc2nc[nH]c2c1. The first kappa shape index (κ1) is 9.11. The average molecular weight is 205 g/mol. The Balaban J connectivity index is 2.31. The van der Waals surface area contributed by atoms with Crippen molar-refractivity contribution in [2.45, 2.75) is 6.42 Å². The minimum absolute atomic E-state index is 0.583. The molecule has 0 aliphatic rings. The van der Waals surface area contributed by atoms with E-state index in [0.29, 0.717) is 5.88 Å². The lowest BCUT2D eigenvalue weighted by atomic mass is 10.2. The molecule has 14 heavy (non-hydrogen) atoms. The molecule has 0 atom stereocenters. The van der Waals surface area contributed by atoms with Crippen molar-refractivity contribution in [3.05, 3.63) is 30.1 Å². The molecule has 1 aromatic heterocycles. The summed E-state index contributed by atoms with van der Waals surface area (Å²) in [6, 6.07) is 5.91. The van der Waals surface area contributed by atoms with E-state index in [-0.39, 0.29) is 0 Å².